The summed E-state index contributed by atoms with van der Waals surface area (Å²) in [4.78, 5) is 16.8. The Bertz CT molecular complexity index is 1020. The van der Waals surface area contributed by atoms with E-state index in [1.54, 1.807) is 23.6 Å². The van der Waals surface area contributed by atoms with Crippen molar-refractivity contribution in [1.29, 1.82) is 0 Å². The highest BCUT2D eigenvalue weighted by molar-refractivity contribution is 7.93. The molecule has 0 radical (unpaired) electrons. The second-order valence-corrected chi connectivity index (χ2v) is 8.74. The molecule has 0 aliphatic carbocycles. The summed E-state index contributed by atoms with van der Waals surface area (Å²) in [7, 11) is -3.94. The first kappa shape index (κ1) is 18.8. The number of sulfonamides is 1. The Labute approximate surface area is 164 Å². The largest absolute Gasteiger partial charge is 0.292 e. The van der Waals surface area contributed by atoms with Gasteiger partial charge in [-0.2, -0.15) is 0 Å². The smallest absolute Gasteiger partial charge is 0.266 e. The lowest BCUT2D eigenvalue weighted by molar-refractivity contribution is 0.100. The van der Waals surface area contributed by atoms with Gasteiger partial charge in [0.15, 0.2) is 10.9 Å². The molecule has 1 aromatic heterocycles. The monoisotopic (exact) mass is 426 g/mol. The Morgan fingerprint density at radius 1 is 1.08 bits per heavy atom. The number of rotatable bonds is 6. The predicted octanol–water partition coefficient (Wildman–Crippen LogP) is 4.53. The quantitative estimate of drug-likeness (QED) is 0.543. The van der Waals surface area contributed by atoms with Crippen LogP contribution in [0.2, 0.25) is 10.0 Å². The van der Waals surface area contributed by atoms with Gasteiger partial charge in [0, 0.05) is 17.1 Å². The van der Waals surface area contributed by atoms with E-state index < -0.39 is 22.4 Å². The van der Waals surface area contributed by atoms with Gasteiger partial charge in [0.05, 0.1) is 14.9 Å². The topological polar surface area (TPSA) is 67.3 Å². The van der Waals surface area contributed by atoms with Gasteiger partial charge in [-0.15, -0.1) is 11.3 Å². The first-order valence-corrected chi connectivity index (χ1v) is 10.4. The number of carbonyl (C=O) groups is 1. The van der Waals surface area contributed by atoms with Crippen molar-refractivity contribution in [2.75, 3.05) is 10.8 Å². The molecular formula is C17H12Cl2N2O3S2. The fourth-order valence-electron chi connectivity index (χ4n) is 2.21. The third kappa shape index (κ3) is 3.91. The highest BCUT2D eigenvalue weighted by atomic mass is 35.5. The zero-order valence-corrected chi connectivity index (χ0v) is 16.3. The molecule has 0 aliphatic rings. The van der Waals surface area contributed by atoms with E-state index in [4.69, 9.17) is 23.2 Å². The van der Waals surface area contributed by atoms with Gasteiger partial charge in [0.25, 0.3) is 10.0 Å². The lowest BCUT2D eigenvalue weighted by atomic mass is 10.1. The second kappa shape index (κ2) is 7.75. The molecule has 0 saturated heterocycles. The SMILES string of the molecule is O=C(CN(c1nccs1)S(=O)(=O)c1ccccc1)c1ccc(Cl)c(Cl)c1. The van der Waals surface area contributed by atoms with Gasteiger partial charge in [0.1, 0.15) is 6.54 Å². The Kier molecular flexibility index (Phi) is 5.62. The number of halogens is 2. The number of carbonyl (C=O) groups excluding carboxylic acids is 1. The maximum Gasteiger partial charge on any atom is 0.266 e. The summed E-state index contributed by atoms with van der Waals surface area (Å²) in [5, 5.41) is 2.40. The molecule has 0 N–H and O–H groups in total. The van der Waals surface area contributed by atoms with Gasteiger partial charge < -0.3 is 0 Å². The first-order valence-electron chi connectivity index (χ1n) is 7.35. The van der Waals surface area contributed by atoms with Crippen LogP contribution in [0.25, 0.3) is 0 Å². The number of hydrogen-bond acceptors (Lipinski definition) is 5. The van der Waals surface area contributed by atoms with Crippen LogP contribution in [-0.2, 0) is 10.0 Å². The van der Waals surface area contributed by atoms with Gasteiger partial charge in [-0.25, -0.2) is 17.7 Å². The standard InChI is InChI=1S/C17H12Cl2N2O3S2/c18-14-7-6-12(10-15(14)19)16(22)11-21(17-20-8-9-25-17)26(23,24)13-4-2-1-3-5-13/h1-10H,11H2. The molecule has 0 amide bonds. The molecule has 0 fully saturated rings. The number of anilines is 1. The number of ketones is 1. The summed E-state index contributed by atoms with van der Waals surface area (Å²) in [6, 6.07) is 12.3. The zero-order chi connectivity index (χ0) is 18.7. The molecule has 9 heteroatoms. The van der Waals surface area contributed by atoms with E-state index in [0.717, 1.165) is 15.6 Å². The minimum atomic E-state index is -3.94. The van der Waals surface area contributed by atoms with Gasteiger partial charge in [-0.05, 0) is 30.3 Å². The normalized spacial score (nSPS) is 11.3. The van der Waals surface area contributed by atoms with E-state index in [0.29, 0.717) is 5.02 Å². The average Bonchev–Trinajstić information content (AvgIpc) is 3.16. The van der Waals surface area contributed by atoms with Crippen LogP contribution in [0.4, 0.5) is 5.13 Å². The number of nitrogens with zero attached hydrogens (tertiary/aromatic N) is 2. The van der Waals surface area contributed by atoms with Crippen LogP contribution in [0, 0.1) is 0 Å². The minimum Gasteiger partial charge on any atom is -0.292 e. The van der Waals surface area contributed by atoms with Gasteiger partial charge in [0.2, 0.25) is 0 Å². The lowest BCUT2D eigenvalue weighted by Crippen LogP contribution is -2.35. The van der Waals surface area contributed by atoms with Gasteiger partial charge >= 0.3 is 0 Å². The van der Waals surface area contributed by atoms with Gasteiger partial charge in [-0.3, -0.25) is 4.79 Å². The molecule has 0 atom stereocenters. The molecule has 2 aromatic carbocycles. The number of thiazole rings is 1. The third-order valence-electron chi connectivity index (χ3n) is 3.49. The van der Waals surface area contributed by atoms with Crippen molar-refractivity contribution >= 4 is 55.5 Å². The third-order valence-corrected chi connectivity index (χ3v) is 6.89. The van der Waals surface area contributed by atoms with Crippen molar-refractivity contribution in [2.24, 2.45) is 0 Å². The Morgan fingerprint density at radius 3 is 2.42 bits per heavy atom. The number of aromatic nitrogens is 1. The fourth-order valence-corrected chi connectivity index (χ4v) is 4.77. The van der Waals surface area contributed by atoms with E-state index in [9.17, 15) is 13.2 Å². The van der Waals surface area contributed by atoms with Crippen LogP contribution in [-0.4, -0.2) is 25.7 Å². The highest BCUT2D eigenvalue weighted by Crippen LogP contribution is 2.27. The minimum absolute atomic E-state index is 0.0807. The Morgan fingerprint density at radius 2 is 1.81 bits per heavy atom. The summed E-state index contributed by atoms with van der Waals surface area (Å²) >= 11 is 13.0. The van der Waals surface area contributed by atoms with Crippen molar-refractivity contribution < 1.29 is 13.2 Å². The fraction of sp³-hybridized carbons (Fsp3) is 0.0588. The zero-order valence-electron chi connectivity index (χ0n) is 13.2. The number of benzene rings is 2. The van der Waals surface area contributed by atoms with E-state index in [-0.39, 0.29) is 20.6 Å². The molecule has 0 spiro atoms. The maximum absolute atomic E-state index is 13.0. The summed E-state index contributed by atoms with van der Waals surface area (Å²) in [6.07, 6.45) is 1.48. The van der Waals surface area contributed by atoms with Crippen LogP contribution in [0.1, 0.15) is 10.4 Å². The summed E-state index contributed by atoms with van der Waals surface area (Å²) in [5.74, 6) is -0.418. The van der Waals surface area contributed by atoms with Crippen LogP contribution in [0.3, 0.4) is 0 Å². The highest BCUT2D eigenvalue weighted by Gasteiger charge is 2.29. The Hall–Kier alpha value is -1.93. The molecule has 1 heterocycles. The molecule has 0 saturated carbocycles. The van der Waals surface area contributed by atoms with E-state index in [1.807, 2.05) is 0 Å². The lowest BCUT2D eigenvalue weighted by Gasteiger charge is -2.21. The van der Waals surface area contributed by atoms with Crippen molar-refractivity contribution in [3.8, 4) is 0 Å². The molecule has 5 nitrogen and oxygen atoms in total. The molecule has 0 bridgehead atoms. The van der Waals surface area contributed by atoms with Crippen molar-refractivity contribution in [2.45, 2.75) is 4.90 Å². The summed E-state index contributed by atoms with van der Waals surface area (Å²) in [6.45, 7) is -0.400. The molecule has 134 valence electrons. The van der Waals surface area contributed by atoms with Crippen LogP contribution >= 0.6 is 34.5 Å². The van der Waals surface area contributed by atoms with E-state index in [2.05, 4.69) is 4.98 Å². The van der Waals surface area contributed by atoms with Crippen molar-refractivity contribution in [1.82, 2.24) is 4.98 Å². The average molecular weight is 427 g/mol. The number of Topliss-reactive ketones (excluding diaryl/α,β-unsaturated/α-hetero) is 1. The molecule has 3 rings (SSSR count). The van der Waals surface area contributed by atoms with Crippen LogP contribution < -0.4 is 4.31 Å². The second-order valence-electron chi connectivity index (χ2n) is 5.19. The van der Waals surface area contributed by atoms with Crippen LogP contribution in [0.15, 0.2) is 65.0 Å². The summed E-state index contributed by atoms with van der Waals surface area (Å²) in [5.41, 5.74) is 0.268. The molecule has 26 heavy (non-hydrogen) atoms. The Balaban J connectivity index is 1.98. The predicted molar refractivity (Wildman–Crippen MR) is 104 cm³/mol. The van der Waals surface area contributed by atoms with E-state index >= 15 is 0 Å². The molecule has 0 unspecified atom stereocenters. The molecular weight excluding hydrogens is 415 g/mol. The van der Waals surface area contributed by atoms with Gasteiger partial charge in [-0.1, -0.05) is 41.4 Å². The molecule has 0 aliphatic heterocycles. The van der Waals surface area contributed by atoms with Crippen molar-refractivity contribution in [3.63, 3.8) is 0 Å². The van der Waals surface area contributed by atoms with E-state index in [1.165, 1.54) is 36.5 Å². The van der Waals surface area contributed by atoms with Crippen LogP contribution in [0.5, 0.6) is 0 Å². The number of hydrogen-bond donors (Lipinski definition) is 0. The first-order chi connectivity index (χ1) is 12.4. The molecule has 3 aromatic rings. The van der Waals surface area contributed by atoms with Crippen molar-refractivity contribution in [3.05, 3.63) is 75.7 Å². The summed E-state index contributed by atoms with van der Waals surface area (Å²) < 4.78 is 27.0. The maximum atomic E-state index is 13.0.